The van der Waals surface area contributed by atoms with Crippen molar-refractivity contribution in [1.82, 2.24) is 5.32 Å². The lowest BCUT2D eigenvalue weighted by Crippen LogP contribution is -2.37. The Hall–Kier alpha value is -0.530. The average Bonchev–Trinajstić information content (AvgIpc) is 2.25. The second kappa shape index (κ2) is 6.58. The van der Waals surface area contributed by atoms with E-state index in [1.54, 1.807) is 0 Å². The molecule has 0 radical (unpaired) electrons. The van der Waals surface area contributed by atoms with Gasteiger partial charge in [-0.2, -0.15) is 0 Å². The Labute approximate surface area is 117 Å². The van der Waals surface area contributed by atoms with Gasteiger partial charge in [0.05, 0.1) is 0 Å². The molecule has 1 rings (SSSR count). The normalized spacial score (nSPS) is 13.7. The number of hydrogen-bond donors (Lipinski definition) is 1. The van der Waals surface area contributed by atoms with Gasteiger partial charge < -0.3 is 5.32 Å². The highest BCUT2D eigenvalue weighted by Gasteiger charge is 2.22. The molecule has 1 aromatic rings. The van der Waals surface area contributed by atoms with E-state index in [9.17, 15) is 0 Å². The fourth-order valence-corrected chi connectivity index (χ4v) is 2.69. The van der Waals surface area contributed by atoms with Gasteiger partial charge in [0.2, 0.25) is 0 Å². The highest BCUT2D eigenvalue weighted by molar-refractivity contribution is 6.31. The number of nitrogens with one attached hydrogen (secondary N) is 1. The molecule has 0 heterocycles. The minimum atomic E-state index is 0.311. The van der Waals surface area contributed by atoms with Crippen LogP contribution in [0.2, 0.25) is 5.02 Å². The first-order valence-electron chi connectivity index (χ1n) is 6.77. The number of benzene rings is 1. The molecule has 0 saturated carbocycles. The zero-order chi connectivity index (χ0) is 13.8. The van der Waals surface area contributed by atoms with Crippen LogP contribution < -0.4 is 5.32 Å². The summed E-state index contributed by atoms with van der Waals surface area (Å²) in [6.45, 7) is 8.93. The summed E-state index contributed by atoms with van der Waals surface area (Å²) >= 11 is 6.25. The lowest BCUT2D eigenvalue weighted by Gasteiger charge is -2.30. The topological polar surface area (TPSA) is 12.0 Å². The van der Waals surface area contributed by atoms with Gasteiger partial charge in [-0.1, -0.05) is 44.5 Å². The zero-order valence-electron chi connectivity index (χ0n) is 12.3. The third kappa shape index (κ3) is 4.62. The van der Waals surface area contributed by atoms with E-state index in [-0.39, 0.29) is 0 Å². The van der Waals surface area contributed by atoms with Gasteiger partial charge in [-0.25, -0.2) is 0 Å². The van der Waals surface area contributed by atoms with Gasteiger partial charge >= 0.3 is 0 Å². The van der Waals surface area contributed by atoms with Gasteiger partial charge in [0.15, 0.2) is 0 Å². The molecular formula is C16H26ClN. The summed E-state index contributed by atoms with van der Waals surface area (Å²) in [5.74, 6) is 0. The van der Waals surface area contributed by atoms with E-state index in [0.29, 0.717) is 11.5 Å². The highest BCUT2D eigenvalue weighted by atomic mass is 35.5. The van der Waals surface area contributed by atoms with Crippen LogP contribution in [0.1, 0.15) is 44.7 Å². The summed E-state index contributed by atoms with van der Waals surface area (Å²) in [5.41, 5.74) is 2.81. The molecular weight excluding hydrogens is 242 g/mol. The van der Waals surface area contributed by atoms with Crippen LogP contribution in [0.4, 0.5) is 0 Å². The Morgan fingerprint density at radius 1 is 1.28 bits per heavy atom. The molecule has 1 unspecified atom stereocenters. The molecule has 0 bridgehead atoms. The zero-order valence-corrected chi connectivity index (χ0v) is 13.1. The van der Waals surface area contributed by atoms with E-state index < -0.39 is 0 Å². The van der Waals surface area contributed by atoms with Crippen molar-refractivity contribution in [3.8, 4) is 0 Å². The molecule has 0 aliphatic rings. The molecule has 0 spiro atoms. The van der Waals surface area contributed by atoms with Crippen molar-refractivity contribution in [2.24, 2.45) is 5.41 Å². The van der Waals surface area contributed by atoms with E-state index in [2.05, 4.69) is 58.3 Å². The van der Waals surface area contributed by atoms with E-state index in [4.69, 9.17) is 11.6 Å². The quantitative estimate of drug-likeness (QED) is 0.822. The minimum absolute atomic E-state index is 0.311. The molecule has 0 aliphatic carbocycles. The molecule has 102 valence electrons. The molecule has 0 aliphatic heterocycles. The first kappa shape index (κ1) is 15.5. The number of hydrogen-bond acceptors (Lipinski definition) is 1. The highest BCUT2D eigenvalue weighted by Crippen LogP contribution is 2.25. The molecule has 1 nitrogen and oxygen atoms in total. The lowest BCUT2D eigenvalue weighted by molar-refractivity contribution is 0.263. The summed E-state index contributed by atoms with van der Waals surface area (Å²) in [4.78, 5) is 0. The molecule has 18 heavy (non-hydrogen) atoms. The maximum absolute atomic E-state index is 6.25. The Balaban J connectivity index is 2.51. The van der Waals surface area contributed by atoms with Crippen molar-refractivity contribution in [2.75, 3.05) is 7.05 Å². The Kier molecular flexibility index (Phi) is 5.68. The summed E-state index contributed by atoms with van der Waals surface area (Å²) in [6, 6.07) is 6.90. The van der Waals surface area contributed by atoms with Crippen molar-refractivity contribution >= 4 is 11.6 Å². The van der Waals surface area contributed by atoms with Gasteiger partial charge in [-0.3, -0.25) is 0 Å². The van der Waals surface area contributed by atoms with Crippen molar-refractivity contribution in [1.29, 1.82) is 0 Å². The third-order valence-corrected chi connectivity index (χ3v) is 3.89. The van der Waals surface area contributed by atoms with Gasteiger partial charge in [0.1, 0.15) is 0 Å². The molecule has 0 amide bonds. The van der Waals surface area contributed by atoms with Crippen LogP contribution in [-0.2, 0) is 6.42 Å². The standard InChI is InChI=1S/C16H26ClN/c1-12-9-10-13(14(17)11-12)7-6-8-15(18-5)16(2,3)4/h9-11,15,18H,6-8H2,1-5H3. The van der Waals surface area contributed by atoms with Crippen LogP contribution in [0.3, 0.4) is 0 Å². The number of rotatable bonds is 5. The maximum atomic E-state index is 6.25. The van der Waals surface area contributed by atoms with Crippen molar-refractivity contribution in [3.63, 3.8) is 0 Å². The summed E-state index contributed by atoms with van der Waals surface area (Å²) in [5, 5.41) is 4.33. The average molecular weight is 268 g/mol. The minimum Gasteiger partial charge on any atom is -0.316 e. The summed E-state index contributed by atoms with van der Waals surface area (Å²) in [7, 11) is 2.05. The fraction of sp³-hybridized carbons (Fsp3) is 0.625. The second-order valence-electron chi connectivity index (χ2n) is 6.19. The second-order valence-corrected chi connectivity index (χ2v) is 6.60. The number of aryl methyl sites for hydroxylation is 2. The molecule has 0 aromatic heterocycles. The number of halogens is 1. The van der Waals surface area contributed by atoms with Crippen molar-refractivity contribution in [2.45, 2.75) is 53.0 Å². The first-order valence-corrected chi connectivity index (χ1v) is 7.14. The summed E-state index contributed by atoms with van der Waals surface area (Å²) < 4.78 is 0. The molecule has 0 fully saturated rings. The molecule has 1 atom stereocenters. The molecule has 0 saturated heterocycles. The smallest absolute Gasteiger partial charge is 0.0440 e. The molecule has 2 heteroatoms. The van der Waals surface area contributed by atoms with Gasteiger partial charge in [0, 0.05) is 11.1 Å². The lowest BCUT2D eigenvalue weighted by atomic mass is 9.83. The Morgan fingerprint density at radius 3 is 2.44 bits per heavy atom. The van der Waals surface area contributed by atoms with Crippen LogP contribution in [0.25, 0.3) is 0 Å². The fourth-order valence-electron chi connectivity index (χ4n) is 2.36. The van der Waals surface area contributed by atoms with E-state index >= 15 is 0 Å². The van der Waals surface area contributed by atoms with E-state index in [1.807, 2.05) is 0 Å². The van der Waals surface area contributed by atoms with Crippen LogP contribution in [0, 0.1) is 12.3 Å². The van der Waals surface area contributed by atoms with Gasteiger partial charge in [-0.15, -0.1) is 0 Å². The Morgan fingerprint density at radius 2 is 1.94 bits per heavy atom. The predicted molar refractivity (Wildman–Crippen MR) is 81.4 cm³/mol. The first-order chi connectivity index (χ1) is 8.34. The molecule has 1 aromatic carbocycles. The SMILES string of the molecule is CNC(CCCc1ccc(C)cc1Cl)C(C)(C)C. The monoisotopic (exact) mass is 267 g/mol. The predicted octanol–water partition coefficient (Wildman–Crippen LogP) is 4.61. The van der Waals surface area contributed by atoms with Crippen LogP contribution >= 0.6 is 11.6 Å². The van der Waals surface area contributed by atoms with Crippen LogP contribution in [0.5, 0.6) is 0 Å². The van der Waals surface area contributed by atoms with E-state index in [0.717, 1.165) is 11.4 Å². The third-order valence-electron chi connectivity index (χ3n) is 3.54. The van der Waals surface area contributed by atoms with Crippen LogP contribution in [0.15, 0.2) is 18.2 Å². The van der Waals surface area contributed by atoms with Crippen molar-refractivity contribution in [3.05, 3.63) is 34.3 Å². The van der Waals surface area contributed by atoms with E-state index in [1.165, 1.54) is 24.0 Å². The Bertz CT molecular complexity index is 379. The van der Waals surface area contributed by atoms with Crippen LogP contribution in [-0.4, -0.2) is 13.1 Å². The largest absolute Gasteiger partial charge is 0.316 e. The maximum Gasteiger partial charge on any atom is 0.0440 e. The van der Waals surface area contributed by atoms with Gasteiger partial charge in [-0.05, 0) is 55.8 Å². The van der Waals surface area contributed by atoms with Gasteiger partial charge in [0.25, 0.3) is 0 Å². The molecule has 1 N–H and O–H groups in total. The van der Waals surface area contributed by atoms with Crippen molar-refractivity contribution < 1.29 is 0 Å². The summed E-state index contributed by atoms with van der Waals surface area (Å²) in [6.07, 6.45) is 3.42.